The topological polar surface area (TPSA) is 24.9 Å². The minimum absolute atomic E-state index is 0.563. The van der Waals surface area contributed by atoms with Crippen LogP contribution >= 0.6 is 34.9 Å². The van der Waals surface area contributed by atoms with Crippen LogP contribution in [0.2, 0.25) is 0 Å². The highest BCUT2D eigenvalue weighted by atomic mass is 32.2. The standard InChI is InChI=1S/C15H24N2S3/c1-4-16-11-6-5-7-12-14(11)20-15(17-12)13-8-18-9(2)10(3)19-13/h9-11,13,16H,4-8H2,1-3H3. The van der Waals surface area contributed by atoms with Gasteiger partial charge in [-0.05, 0) is 25.8 Å². The molecule has 5 heteroatoms. The van der Waals surface area contributed by atoms with Crippen LogP contribution in [0.4, 0.5) is 0 Å². The second-order valence-corrected chi connectivity index (χ2v) is 9.79. The molecular formula is C15H24N2S3. The van der Waals surface area contributed by atoms with Crippen LogP contribution in [0.5, 0.6) is 0 Å². The zero-order valence-electron chi connectivity index (χ0n) is 12.5. The van der Waals surface area contributed by atoms with E-state index in [0.29, 0.717) is 11.3 Å². The lowest BCUT2D eigenvalue weighted by atomic mass is 9.98. The second-order valence-electron chi connectivity index (χ2n) is 5.73. The Hall–Kier alpha value is 0.290. The summed E-state index contributed by atoms with van der Waals surface area (Å²) in [6.45, 7) is 7.98. The average molecular weight is 329 g/mol. The summed E-state index contributed by atoms with van der Waals surface area (Å²) < 4.78 is 0. The monoisotopic (exact) mass is 328 g/mol. The molecule has 1 fully saturated rings. The highest BCUT2D eigenvalue weighted by Gasteiger charge is 2.31. The van der Waals surface area contributed by atoms with Crippen LogP contribution in [0.25, 0.3) is 0 Å². The third-order valence-electron chi connectivity index (χ3n) is 4.24. The number of thiazole rings is 1. The number of fused-ring (bicyclic) bond motifs is 1. The fourth-order valence-corrected chi connectivity index (χ4v) is 7.35. The van der Waals surface area contributed by atoms with Gasteiger partial charge >= 0.3 is 0 Å². The highest BCUT2D eigenvalue weighted by molar-refractivity contribution is 8.07. The number of rotatable bonds is 3. The summed E-state index contributed by atoms with van der Waals surface area (Å²) in [7, 11) is 0. The van der Waals surface area contributed by atoms with E-state index in [1.54, 1.807) is 0 Å². The van der Waals surface area contributed by atoms with Crippen LogP contribution in [0.1, 0.15) is 60.5 Å². The molecule has 2 nitrogen and oxygen atoms in total. The molecule has 4 atom stereocenters. The molecule has 0 aromatic carbocycles. The Labute approximate surface area is 134 Å². The normalized spacial score (nSPS) is 34.0. The van der Waals surface area contributed by atoms with Gasteiger partial charge in [0.25, 0.3) is 0 Å². The molecule has 2 heterocycles. The molecule has 3 rings (SSSR count). The zero-order valence-corrected chi connectivity index (χ0v) is 15.0. The summed E-state index contributed by atoms with van der Waals surface area (Å²) in [6, 6.07) is 0.563. The SMILES string of the molecule is CCNC1CCCc2nc(C3CSC(C)C(C)S3)sc21. The molecule has 0 bridgehead atoms. The second kappa shape index (κ2) is 6.59. The van der Waals surface area contributed by atoms with E-state index in [9.17, 15) is 0 Å². The fraction of sp³-hybridized carbons (Fsp3) is 0.800. The summed E-state index contributed by atoms with van der Waals surface area (Å²) in [6.07, 6.45) is 3.75. The minimum atomic E-state index is 0.563. The van der Waals surface area contributed by atoms with Gasteiger partial charge in [0.2, 0.25) is 0 Å². The van der Waals surface area contributed by atoms with Gasteiger partial charge in [0.15, 0.2) is 0 Å². The molecule has 0 radical (unpaired) electrons. The summed E-state index contributed by atoms with van der Waals surface area (Å²) in [5.41, 5.74) is 1.39. The first-order chi connectivity index (χ1) is 9.69. The minimum Gasteiger partial charge on any atom is -0.309 e. The summed E-state index contributed by atoms with van der Waals surface area (Å²) in [5, 5.41) is 7.15. The molecule has 4 unspecified atom stereocenters. The van der Waals surface area contributed by atoms with Gasteiger partial charge in [-0.3, -0.25) is 0 Å². The average Bonchev–Trinajstić information content (AvgIpc) is 2.87. The quantitative estimate of drug-likeness (QED) is 0.887. The first-order valence-corrected chi connectivity index (χ1v) is 10.5. The van der Waals surface area contributed by atoms with Gasteiger partial charge in [0, 0.05) is 27.2 Å². The number of hydrogen-bond donors (Lipinski definition) is 1. The Balaban J connectivity index is 1.78. The summed E-state index contributed by atoms with van der Waals surface area (Å²) in [4.78, 5) is 6.54. The van der Waals surface area contributed by atoms with Crippen molar-refractivity contribution >= 4 is 34.9 Å². The fourth-order valence-electron chi connectivity index (χ4n) is 2.93. The highest BCUT2D eigenvalue weighted by Crippen LogP contribution is 2.47. The van der Waals surface area contributed by atoms with Crippen molar-refractivity contribution in [1.29, 1.82) is 0 Å². The molecule has 1 aliphatic heterocycles. The van der Waals surface area contributed by atoms with Gasteiger partial charge in [-0.2, -0.15) is 11.8 Å². The predicted octanol–water partition coefficient (Wildman–Crippen LogP) is 4.43. The van der Waals surface area contributed by atoms with Crippen LogP contribution < -0.4 is 5.32 Å². The molecule has 1 aromatic rings. The van der Waals surface area contributed by atoms with Crippen LogP contribution in [0.3, 0.4) is 0 Å². The molecule has 2 aliphatic rings. The maximum Gasteiger partial charge on any atom is 0.107 e. The summed E-state index contributed by atoms with van der Waals surface area (Å²) in [5.74, 6) is 1.23. The van der Waals surface area contributed by atoms with E-state index < -0.39 is 0 Å². The Morgan fingerprint density at radius 2 is 2.15 bits per heavy atom. The van der Waals surface area contributed by atoms with Crippen LogP contribution in [-0.4, -0.2) is 27.8 Å². The molecule has 1 saturated heterocycles. The molecule has 20 heavy (non-hydrogen) atoms. The van der Waals surface area contributed by atoms with Crippen molar-refractivity contribution in [3.63, 3.8) is 0 Å². The Morgan fingerprint density at radius 3 is 2.90 bits per heavy atom. The molecule has 1 aliphatic carbocycles. The van der Waals surface area contributed by atoms with Gasteiger partial charge in [-0.1, -0.05) is 20.8 Å². The Morgan fingerprint density at radius 1 is 1.30 bits per heavy atom. The number of aromatic nitrogens is 1. The van der Waals surface area contributed by atoms with Crippen molar-refractivity contribution in [2.24, 2.45) is 0 Å². The van der Waals surface area contributed by atoms with Gasteiger partial charge in [-0.25, -0.2) is 4.98 Å². The van der Waals surface area contributed by atoms with Gasteiger partial charge < -0.3 is 5.32 Å². The van der Waals surface area contributed by atoms with E-state index in [1.807, 2.05) is 11.3 Å². The lowest BCUT2D eigenvalue weighted by Crippen LogP contribution is -2.23. The third kappa shape index (κ3) is 3.06. The van der Waals surface area contributed by atoms with Gasteiger partial charge in [-0.15, -0.1) is 23.1 Å². The Bertz CT molecular complexity index is 460. The van der Waals surface area contributed by atoms with Crippen molar-refractivity contribution in [2.75, 3.05) is 12.3 Å². The zero-order chi connectivity index (χ0) is 14.1. The van der Waals surface area contributed by atoms with Gasteiger partial charge in [0.1, 0.15) is 5.01 Å². The number of nitrogens with one attached hydrogen (secondary N) is 1. The summed E-state index contributed by atoms with van der Waals surface area (Å²) >= 11 is 6.23. The Kier molecular flexibility index (Phi) is 5.01. The molecule has 0 amide bonds. The van der Waals surface area contributed by atoms with E-state index in [4.69, 9.17) is 4.98 Å². The number of nitrogens with zero attached hydrogens (tertiary/aromatic N) is 1. The van der Waals surface area contributed by atoms with E-state index in [0.717, 1.165) is 17.0 Å². The van der Waals surface area contributed by atoms with Crippen LogP contribution in [-0.2, 0) is 6.42 Å². The maximum atomic E-state index is 5.01. The van der Waals surface area contributed by atoms with E-state index in [2.05, 4.69) is 49.6 Å². The molecule has 0 spiro atoms. The molecule has 0 saturated carbocycles. The largest absolute Gasteiger partial charge is 0.309 e. The number of thioether (sulfide) groups is 2. The molecular weight excluding hydrogens is 304 g/mol. The first kappa shape index (κ1) is 15.2. The van der Waals surface area contributed by atoms with Crippen molar-refractivity contribution < 1.29 is 0 Å². The molecule has 112 valence electrons. The number of hydrogen-bond acceptors (Lipinski definition) is 5. The van der Waals surface area contributed by atoms with Crippen molar-refractivity contribution in [3.8, 4) is 0 Å². The lowest BCUT2D eigenvalue weighted by molar-refractivity contribution is 0.476. The first-order valence-electron chi connectivity index (χ1n) is 7.69. The maximum absolute atomic E-state index is 5.01. The molecule has 1 aromatic heterocycles. The smallest absolute Gasteiger partial charge is 0.107 e. The third-order valence-corrected chi connectivity index (χ3v) is 9.12. The van der Waals surface area contributed by atoms with E-state index in [1.165, 1.54) is 40.6 Å². The number of aryl methyl sites for hydroxylation is 1. The van der Waals surface area contributed by atoms with Gasteiger partial charge in [0.05, 0.1) is 10.9 Å². The van der Waals surface area contributed by atoms with E-state index >= 15 is 0 Å². The van der Waals surface area contributed by atoms with Crippen molar-refractivity contribution in [3.05, 3.63) is 15.6 Å². The molecule has 1 N–H and O–H groups in total. The van der Waals surface area contributed by atoms with Crippen molar-refractivity contribution in [1.82, 2.24) is 10.3 Å². The van der Waals surface area contributed by atoms with E-state index in [-0.39, 0.29) is 0 Å². The van der Waals surface area contributed by atoms with Crippen LogP contribution in [0.15, 0.2) is 0 Å². The van der Waals surface area contributed by atoms with Crippen molar-refractivity contribution in [2.45, 2.75) is 61.8 Å². The lowest BCUT2D eigenvalue weighted by Gasteiger charge is -2.30. The van der Waals surface area contributed by atoms with Crippen LogP contribution in [0, 0.1) is 0 Å². The predicted molar refractivity (Wildman–Crippen MR) is 93.2 cm³/mol.